The van der Waals surface area contributed by atoms with Crippen LogP contribution in [0.4, 0.5) is 5.69 Å². The molecule has 0 saturated carbocycles. The van der Waals surface area contributed by atoms with Gasteiger partial charge in [-0.2, -0.15) is 0 Å². The van der Waals surface area contributed by atoms with Gasteiger partial charge in [0.05, 0.1) is 5.52 Å². The zero-order chi connectivity index (χ0) is 23.4. The molecule has 0 aliphatic carbocycles. The molecule has 0 aliphatic heterocycles. The van der Waals surface area contributed by atoms with Crippen molar-refractivity contribution in [2.45, 2.75) is 6.92 Å². The highest BCUT2D eigenvalue weighted by molar-refractivity contribution is 14.1. The fourth-order valence-electron chi connectivity index (χ4n) is 3.41. The van der Waals surface area contributed by atoms with E-state index in [1.165, 1.54) is 11.5 Å². The number of halogens is 1. The number of para-hydroxylation sites is 1. The van der Waals surface area contributed by atoms with Crippen LogP contribution in [0.15, 0.2) is 90.8 Å². The maximum atomic E-state index is 13.2. The van der Waals surface area contributed by atoms with Crippen LogP contribution in [0.5, 0.6) is 0 Å². The third-order valence-electron chi connectivity index (χ3n) is 5.01. The molecule has 7 heteroatoms. The Labute approximate surface area is 204 Å². The van der Waals surface area contributed by atoms with Crippen LogP contribution < -0.4 is 10.6 Å². The fourth-order valence-corrected chi connectivity index (χ4v) is 3.77. The molecule has 0 atom stereocenters. The number of aromatic nitrogens is 1. The van der Waals surface area contributed by atoms with Crippen molar-refractivity contribution in [3.05, 3.63) is 105 Å². The number of nitrogens with one attached hydrogen (secondary N) is 2. The van der Waals surface area contributed by atoms with Gasteiger partial charge in [-0.15, -0.1) is 0 Å². The molecule has 0 unspecified atom stereocenters. The first-order valence-electron chi connectivity index (χ1n) is 10.2. The van der Waals surface area contributed by atoms with Crippen molar-refractivity contribution in [3.8, 4) is 0 Å². The van der Waals surface area contributed by atoms with E-state index in [1.807, 2.05) is 42.5 Å². The molecular weight excluding hydrogens is 529 g/mol. The lowest BCUT2D eigenvalue weighted by Crippen LogP contribution is -2.30. The molecule has 0 saturated heterocycles. The highest BCUT2D eigenvalue weighted by Crippen LogP contribution is 2.24. The van der Waals surface area contributed by atoms with Crippen LogP contribution in [-0.4, -0.2) is 22.3 Å². The Morgan fingerprint density at radius 2 is 1.55 bits per heavy atom. The van der Waals surface area contributed by atoms with Crippen LogP contribution in [0.25, 0.3) is 17.0 Å². The van der Waals surface area contributed by atoms with Gasteiger partial charge in [-0.05, 0) is 71.1 Å². The van der Waals surface area contributed by atoms with Crippen LogP contribution in [0.3, 0.4) is 0 Å². The van der Waals surface area contributed by atoms with E-state index in [4.69, 9.17) is 0 Å². The van der Waals surface area contributed by atoms with Crippen LogP contribution >= 0.6 is 22.6 Å². The Kier molecular flexibility index (Phi) is 6.69. The molecular formula is C26H20IN3O3. The number of anilines is 1. The lowest BCUT2D eigenvalue weighted by atomic mass is 10.1. The van der Waals surface area contributed by atoms with Crippen LogP contribution in [0.1, 0.15) is 27.6 Å². The molecule has 0 bridgehead atoms. The lowest BCUT2D eigenvalue weighted by molar-refractivity contribution is -0.113. The number of hydrogen-bond acceptors (Lipinski definition) is 3. The zero-order valence-corrected chi connectivity index (χ0v) is 19.9. The van der Waals surface area contributed by atoms with Crippen molar-refractivity contribution >= 4 is 63.0 Å². The minimum Gasteiger partial charge on any atom is -0.321 e. The van der Waals surface area contributed by atoms with Gasteiger partial charge in [0.25, 0.3) is 11.8 Å². The van der Waals surface area contributed by atoms with Gasteiger partial charge in [-0.3, -0.25) is 19.0 Å². The van der Waals surface area contributed by atoms with Gasteiger partial charge < -0.3 is 10.6 Å². The summed E-state index contributed by atoms with van der Waals surface area (Å²) in [5, 5.41) is 6.35. The fraction of sp³-hybridized carbons (Fsp3) is 0.0385. The van der Waals surface area contributed by atoms with Crippen molar-refractivity contribution in [2.24, 2.45) is 0 Å². The SMILES string of the molecule is CC(=O)n1cc(/C=C(/NC(=O)c2ccccc2)C(=O)Nc2ccc(I)cc2)c2ccccc21. The topological polar surface area (TPSA) is 80.2 Å². The predicted octanol–water partition coefficient (Wildman–Crippen LogP) is 5.32. The molecule has 0 radical (unpaired) electrons. The molecule has 1 aromatic heterocycles. The Bertz CT molecular complexity index is 1370. The third kappa shape index (κ3) is 5.20. The van der Waals surface area contributed by atoms with Gasteiger partial charge in [0.15, 0.2) is 0 Å². The Morgan fingerprint density at radius 3 is 2.24 bits per heavy atom. The van der Waals surface area contributed by atoms with E-state index >= 15 is 0 Å². The molecule has 2 amide bonds. The molecule has 1 heterocycles. The van der Waals surface area contributed by atoms with Crippen molar-refractivity contribution in [2.75, 3.05) is 5.32 Å². The number of carbonyl (C=O) groups excluding carboxylic acids is 3. The van der Waals surface area contributed by atoms with Gasteiger partial charge in [0.2, 0.25) is 5.91 Å². The third-order valence-corrected chi connectivity index (χ3v) is 5.73. The molecule has 164 valence electrons. The minimum atomic E-state index is -0.472. The standard InChI is InChI=1S/C26H20IN3O3/c1-17(31)30-16-19(22-9-5-6-10-24(22)30)15-23(29-25(32)18-7-3-2-4-8-18)26(33)28-21-13-11-20(27)12-14-21/h2-16H,1H3,(H,28,33)(H,29,32)/b23-15+. The minimum absolute atomic E-state index is 0.0638. The second-order valence-electron chi connectivity index (χ2n) is 7.33. The molecule has 0 spiro atoms. The normalized spacial score (nSPS) is 11.3. The first-order valence-corrected chi connectivity index (χ1v) is 11.3. The summed E-state index contributed by atoms with van der Waals surface area (Å²) in [6.45, 7) is 1.47. The predicted molar refractivity (Wildman–Crippen MR) is 138 cm³/mol. The summed E-state index contributed by atoms with van der Waals surface area (Å²) in [5.41, 5.74) is 2.46. The van der Waals surface area contributed by atoms with Crippen LogP contribution in [0, 0.1) is 3.57 Å². The Balaban J connectivity index is 1.75. The molecule has 4 rings (SSSR count). The summed E-state index contributed by atoms with van der Waals surface area (Å²) in [6.07, 6.45) is 3.25. The number of hydrogen-bond donors (Lipinski definition) is 2. The van der Waals surface area contributed by atoms with Gasteiger partial charge in [-0.25, -0.2) is 0 Å². The first kappa shape index (κ1) is 22.5. The van der Waals surface area contributed by atoms with Gasteiger partial charge in [0, 0.05) is 38.9 Å². The van der Waals surface area contributed by atoms with E-state index in [2.05, 4.69) is 33.2 Å². The molecule has 2 N–H and O–H groups in total. The maximum absolute atomic E-state index is 13.2. The Morgan fingerprint density at radius 1 is 0.879 bits per heavy atom. The summed E-state index contributed by atoms with van der Waals surface area (Å²) in [6, 6.07) is 23.4. The van der Waals surface area contributed by atoms with Crippen molar-refractivity contribution < 1.29 is 14.4 Å². The first-order chi connectivity index (χ1) is 15.9. The van der Waals surface area contributed by atoms with Crippen molar-refractivity contribution in [3.63, 3.8) is 0 Å². The van der Waals surface area contributed by atoms with E-state index in [-0.39, 0.29) is 11.6 Å². The van der Waals surface area contributed by atoms with Gasteiger partial charge in [-0.1, -0.05) is 36.4 Å². The molecule has 33 heavy (non-hydrogen) atoms. The quantitative estimate of drug-likeness (QED) is 0.262. The second-order valence-corrected chi connectivity index (χ2v) is 8.58. The highest BCUT2D eigenvalue weighted by atomic mass is 127. The van der Waals surface area contributed by atoms with Crippen molar-refractivity contribution in [1.82, 2.24) is 9.88 Å². The summed E-state index contributed by atoms with van der Waals surface area (Å²) in [7, 11) is 0. The second kappa shape index (κ2) is 9.83. The maximum Gasteiger partial charge on any atom is 0.272 e. The largest absolute Gasteiger partial charge is 0.321 e. The van der Waals surface area contributed by atoms with E-state index in [9.17, 15) is 14.4 Å². The Hall–Kier alpha value is -3.72. The van der Waals surface area contributed by atoms with E-state index in [0.717, 1.165) is 14.5 Å². The van der Waals surface area contributed by atoms with Gasteiger partial charge in [0.1, 0.15) is 5.70 Å². The number of amides is 2. The monoisotopic (exact) mass is 549 g/mol. The van der Waals surface area contributed by atoms with Crippen LogP contribution in [-0.2, 0) is 4.79 Å². The zero-order valence-electron chi connectivity index (χ0n) is 17.7. The average molecular weight is 549 g/mol. The van der Waals surface area contributed by atoms with Gasteiger partial charge >= 0.3 is 0 Å². The van der Waals surface area contributed by atoms with E-state index in [1.54, 1.807) is 48.7 Å². The molecule has 0 aliphatic rings. The molecule has 4 aromatic rings. The van der Waals surface area contributed by atoms with Crippen molar-refractivity contribution in [1.29, 1.82) is 0 Å². The number of benzene rings is 3. The number of rotatable bonds is 5. The lowest BCUT2D eigenvalue weighted by Gasteiger charge is -2.11. The smallest absolute Gasteiger partial charge is 0.272 e. The molecule has 6 nitrogen and oxygen atoms in total. The van der Waals surface area contributed by atoms with E-state index < -0.39 is 11.8 Å². The van der Waals surface area contributed by atoms with Crippen LogP contribution in [0.2, 0.25) is 0 Å². The summed E-state index contributed by atoms with van der Waals surface area (Å²) < 4.78 is 2.56. The average Bonchev–Trinajstić information content (AvgIpc) is 3.19. The van der Waals surface area contributed by atoms with E-state index in [0.29, 0.717) is 16.8 Å². The number of carbonyl (C=O) groups is 3. The summed E-state index contributed by atoms with van der Waals surface area (Å²) in [4.78, 5) is 38.1. The molecule has 0 fully saturated rings. The summed E-state index contributed by atoms with van der Waals surface area (Å²) >= 11 is 2.19. The summed E-state index contributed by atoms with van der Waals surface area (Å²) in [5.74, 6) is -1.03. The number of fused-ring (bicyclic) bond motifs is 1. The number of nitrogens with zero attached hydrogens (tertiary/aromatic N) is 1. The molecule has 3 aromatic carbocycles. The highest BCUT2D eigenvalue weighted by Gasteiger charge is 2.17.